The van der Waals surface area contributed by atoms with Crippen LogP contribution < -0.4 is 10.1 Å². The van der Waals surface area contributed by atoms with Crippen LogP contribution in [0.5, 0.6) is 6.01 Å². The number of aromatic nitrogens is 2. The molecule has 9 heteroatoms. The number of aliphatic hydroxyl groups is 2. The molecule has 0 bridgehead atoms. The normalized spacial score (nSPS) is 19.5. The van der Waals surface area contributed by atoms with E-state index in [1.807, 2.05) is 12.1 Å². The number of hydrogen-bond donors (Lipinski definition) is 3. The summed E-state index contributed by atoms with van der Waals surface area (Å²) >= 11 is 6.01. The molecule has 1 atom stereocenters. The quantitative estimate of drug-likeness (QED) is 0.619. The summed E-state index contributed by atoms with van der Waals surface area (Å²) in [6.45, 7) is 0.552. The van der Waals surface area contributed by atoms with Gasteiger partial charge >= 0.3 is 0 Å². The second-order valence-electron chi connectivity index (χ2n) is 7.78. The van der Waals surface area contributed by atoms with Crippen LogP contribution in [-0.4, -0.2) is 56.2 Å². The Labute approximate surface area is 180 Å². The molecule has 30 heavy (non-hydrogen) atoms. The first-order chi connectivity index (χ1) is 14.6. The van der Waals surface area contributed by atoms with Gasteiger partial charge in [-0.3, -0.25) is 14.3 Å². The van der Waals surface area contributed by atoms with Gasteiger partial charge < -0.3 is 20.3 Å². The molecule has 3 N–H and O–H groups in total. The minimum atomic E-state index is -1.20. The first-order valence-corrected chi connectivity index (χ1v) is 10.8. The summed E-state index contributed by atoms with van der Waals surface area (Å²) in [6, 6.07) is 7.79. The van der Waals surface area contributed by atoms with Crippen LogP contribution in [0.3, 0.4) is 0 Å². The molecule has 2 aromatic rings. The summed E-state index contributed by atoms with van der Waals surface area (Å²) in [5.74, 6) is -0.0304. The Hall–Kier alpha value is -2.29. The van der Waals surface area contributed by atoms with Crippen molar-refractivity contribution in [2.75, 3.05) is 18.5 Å². The second kappa shape index (κ2) is 9.24. The lowest BCUT2D eigenvalue weighted by atomic mass is 9.98. The molecule has 0 saturated heterocycles. The van der Waals surface area contributed by atoms with Crippen molar-refractivity contribution < 1.29 is 19.7 Å². The van der Waals surface area contributed by atoms with Crippen molar-refractivity contribution in [3.63, 3.8) is 0 Å². The van der Waals surface area contributed by atoms with E-state index in [2.05, 4.69) is 10.3 Å². The number of imidazole rings is 1. The van der Waals surface area contributed by atoms with E-state index in [1.54, 1.807) is 16.7 Å². The Morgan fingerprint density at radius 2 is 1.93 bits per heavy atom. The van der Waals surface area contributed by atoms with Gasteiger partial charge in [0.1, 0.15) is 6.10 Å². The monoisotopic (exact) mass is 434 g/mol. The van der Waals surface area contributed by atoms with Gasteiger partial charge in [0.15, 0.2) is 11.5 Å². The van der Waals surface area contributed by atoms with E-state index in [0.717, 1.165) is 31.2 Å². The maximum atomic E-state index is 13.2. The highest BCUT2D eigenvalue weighted by molar-refractivity contribution is 6.30. The molecule has 2 aliphatic rings. The van der Waals surface area contributed by atoms with E-state index < -0.39 is 6.35 Å². The lowest BCUT2D eigenvalue weighted by Crippen LogP contribution is -2.49. The highest BCUT2D eigenvalue weighted by Gasteiger charge is 2.37. The molecule has 1 aliphatic heterocycles. The lowest BCUT2D eigenvalue weighted by molar-refractivity contribution is 0.0153. The topological polar surface area (TPSA) is 99.8 Å². The van der Waals surface area contributed by atoms with Crippen molar-refractivity contribution in [3.05, 3.63) is 40.5 Å². The number of benzene rings is 1. The molecule has 1 aliphatic carbocycles. The minimum absolute atomic E-state index is 0.0660. The molecule has 1 saturated carbocycles. The fraction of sp³-hybridized carbons (Fsp3) is 0.524. The number of nitrogens with zero attached hydrogens (tertiary/aromatic N) is 3. The van der Waals surface area contributed by atoms with E-state index in [9.17, 15) is 9.90 Å². The van der Waals surface area contributed by atoms with Gasteiger partial charge in [0.05, 0.1) is 6.54 Å². The second-order valence-corrected chi connectivity index (χ2v) is 8.21. The van der Waals surface area contributed by atoms with Crippen LogP contribution in [0.2, 0.25) is 5.02 Å². The van der Waals surface area contributed by atoms with Gasteiger partial charge in [0, 0.05) is 18.2 Å². The zero-order valence-corrected chi connectivity index (χ0v) is 17.5. The number of aliphatic hydroxyl groups excluding tert-OH is 2. The Morgan fingerprint density at radius 3 is 2.63 bits per heavy atom. The van der Waals surface area contributed by atoms with Gasteiger partial charge in [-0.05, 0) is 49.8 Å². The fourth-order valence-electron chi connectivity index (χ4n) is 4.00. The third-order valence-corrected chi connectivity index (χ3v) is 5.84. The third-order valence-electron chi connectivity index (χ3n) is 5.59. The molecule has 4 rings (SSSR count). The van der Waals surface area contributed by atoms with E-state index in [4.69, 9.17) is 21.4 Å². The van der Waals surface area contributed by atoms with E-state index >= 15 is 0 Å². The van der Waals surface area contributed by atoms with Crippen LogP contribution in [0.25, 0.3) is 0 Å². The molecule has 1 fully saturated rings. The van der Waals surface area contributed by atoms with Crippen molar-refractivity contribution in [2.45, 2.75) is 57.5 Å². The van der Waals surface area contributed by atoms with Crippen molar-refractivity contribution >= 4 is 23.3 Å². The number of ether oxygens (including phenoxy) is 1. The molecule has 0 radical (unpaired) electrons. The molecule has 8 nitrogen and oxygen atoms in total. The smallest absolute Gasteiger partial charge is 0.299 e. The standard InChI is InChI=1S/C21H27ClN4O4/c22-15-9-7-14(8-10-15)13-26-17-18(23-20(29)25(19(17)28)11-4-12-27)24-21(26)30-16-5-2-1-3-6-16/h7-10,16,20,23,27,29H,1-6,11-13H2. The molecular formula is C21H27ClN4O4. The number of carbonyl (C=O) groups excluding carboxylic acids is 1. The highest BCUT2D eigenvalue weighted by atomic mass is 35.5. The van der Waals surface area contributed by atoms with Gasteiger partial charge in [0.2, 0.25) is 6.35 Å². The van der Waals surface area contributed by atoms with E-state index in [0.29, 0.717) is 35.5 Å². The predicted octanol–water partition coefficient (Wildman–Crippen LogP) is 2.82. The number of anilines is 1. The maximum absolute atomic E-state index is 13.2. The first-order valence-electron chi connectivity index (χ1n) is 10.4. The summed E-state index contributed by atoms with van der Waals surface area (Å²) < 4.78 is 7.99. The summed E-state index contributed by atoms with van der Waals surface area (Å²) in [4.78, 5) is 19.0. The lowest BCUT2D eigenvalue weighted by Gasteiger charge is -2.32. The largest absolute Gasteiger partial charge is 0.461 e. The average molecular weight is 435 g/mol. The van der Waals surface area contributed by atoms with Gasteiger partial charge in [0.25, 0.3) is 11.9 Å². The molecule has 0 spiro atoms. The number of hydrogen-bond acceptors (Lipinski definition) is 6. The van der Waals surface area contributed by atoms with E-state index in [-0.39, 0.29) is 25.2 Å². The zero-order valence-electron chi connectivity index (χ0n) is 16.8. The fourth-order valence-corrected chi connectivity index (χ4v) is 4.13. The van der Waals surface area contributed by atoms with Crippen molar-refractivity contribution in [3.8, 4) is 6.01 Å². The summed E-state index contributed by atoms with van der Waals surface area (Å²) in [5.41, 5.74) is 1.30. The Balaban J connectivity index is 1.68. The Bertz CT molecular complexity index is 880. The predicted molar refractivity (Wildman–Crippen MR) is 113 cm³/mol. The molecule has 1 aromatic carbocycles. The number of amides is 1. The van der Waals surface area contributed by atoms with E-state index in [1.165, 1.54) is 11.3 Å². The zero-order chi connectivity index (χ0) is 21.1. The molecule has 1 aromatic heterocycles. The summed E-state index contributed by atoms with van der Waals surface area (Å²) in [6.07, 6.45) is 4.62. The van der Waals surface area contributed by atoms with Gasteiger partial charge in [-0.25, -0.2) is 0 Å². The molecular weight excluding hydrogens is 408 g/mol. The Morgan fingerprint density at radius 1 is 1.20 bits per heavy atom. The van der Waals surface area contributed by atoms with Crippen LogP contribution in [0.15, 0.2) is 24.3 Å². The van der Waals surface area contributed by atoms with Crippen molar-refractivity contribution in [2.24, 2.45) is 0 Å². The number of halogens is 1. The van der Waals surface area contributed by atoms with Crippen molar-refractivity contribution in [1.29, 1.82) is 0 Å². The minimum Gasteiger partial charge on any atom is -0.461 e. The Kier molecular flexibility index (Phi) is 6.46. The number of fused-ring (bicyclic) bond motifs is 1. The van der Waals surface area contributed by atoms with Crippen molar-refractivity contribution in [1.82, 2.24) is 14.5 Å². The van der Waals surface area contributed by atoms with Crippen LogP contribution in [0, 0.1) is 0 Å². The van der Waals surface area contributed by atoms with Gasteiger partial charge in [-0.2, -0.15) is 4.98 Å². The molecule has 1 amide bonds. The van der Waals surface area contributed by atoms with Crippen LogP contribution in [0.4, 0.5) is 5.82 Å². The van der Waals surface area contributed by atoms with Crippen LogP contribution in [-0.2, 0) is 6.54 Å². The SMILES string of the molecule is O=C1c2c(nc(OC3CCCCC3)n2Cc2ccc(Cl)cc2)NC(O)N1CCCO. The highest BCUT2D eigenvalue weighted by Crippen LogP contribution is 2.32. The average Bonchev–Trinajstić information content (AvgIpc) is 3.07. The van der Waals surface area contributed by atoms with Crippen LogP contribution >= 0.6 is 11.6 Å². The first kappa shape index (κ1) is 21.0. The summed E-state index contributed by atoms with van der Waals surface area (Å²) in [5, 5.41) is 23.0. The molecule has 1 unspecified atom stereocenters. The van der Waals surface area contributed by atoms with Gasteiger partial charge in [-0.15, -0.1) is 0 Å². The van der Waals surface area contributed by atoms with Crippen LogP contribution in [0.1, 0.15) is 54.6 Å². The number of nitrogens with one attached hydrogen (secondary N) is 1. The number of rotatable bonds is 7. The summed E-state index contributed by atoms with van der Waals surface area (Å²) in [7, 11) is 0. The maximum Gasteiger partial charge on any atom is 0.299 e. The number of carbonyl (C=O) groups is 1. The third kappa shape index (κ3) is 4.40. The molecule has 162 valence electrons. The molecule has 2 heterocycles. The van der Waals surface area contributed by atoms with Gasteiger partial charge in [-0.1, -0.05) is 30.2 Å².